The molecular formula is C50H50N4O10S. The highest BCUT2D eigenvalue weighted by molar-refractivity contribution is 7.21. The number of ether oxygens (including phenoxy) is 6. The summed E-state index contributed by atoms with van der Waals surface area (Å²) >= 11 is 1.37. The van der Waals surface area contributed by atoms with E-state index in [-0.39, 0.29) is 11.5 Å². The molecule has 0 N–H and O–H groups in total. The monoisotopic (exact) mass is 898 g/mol. The van der Waals surface area contributed by atoms with Crippen LogP contribution in [0, 0.1) is 0 Å². The molecular weight excluding hydrogens is 849 g/mol. The molecule has 0 unspecified atom stereocenters. The number of anilines is 1. The Hall–Kier alpha value is -7.39. The maximum Gasteiger partial charge on any atom is 0.343 e. The van der Waals surface area contributed by atoms with Gasteiger partial charge in [-0.25, -0.2) is 34.2 Å². The molecule has 0 atom stereocenters. The van der Waals surface area contributed by atoms with Crippen molar-refractivity contribution in [1.29, 1.82) is 0 Å². The molecule has 0 bridgehead atoms. The molecule has 0 fully saturated rings. The van der Waals surface area contributed by atoms with Crippen LogP contribution < -0.4 is 24.0 Å². The van der Waals surface area contributed by atoms with E-state index in [0.717, 1.165) is 73.9 Å². The zero-order valence-corrected chi connectivity index (χ0v) is 37.0. The number of thiazole rings is 1. The molecule has 0 aliphatic carbocycles. The quantitative estimate of drug-likeness (QED) is 0.0133. The van der Waals surface area contributed by atoms with Gasteiger partial charge in [0.2, 0.25) is 5.13 Å². The maximum absolute atomic E-state index is 13.8. The van der Waals surface area contributed by atoms with Crippen LogP contribution in [-0.2, 0) is 19.1 Å². The third-order valence-corrected chi connectivity index (χ3v) is 10.8. The summed E-state index contributed by atoms with van der Waals surface area (Å²) in [5, 5.41) is 7.88. The predicted molar refractivity (Wildman–Crippen MR) is 250 cm³/mol. The van der Waals surface area contributed by atoms with Crippen LogP contribution in [0.2, 0.25) is 0 Å². The topological polar surface area (TPSA) is 165 Å². The third kappa shape index (κ3) is 14.1. The highest BCUT2D eigenvalue weighted by Crippen LogP contribution is 2.38. The van der Waals surface area contributed by atoms with Crippen LogP contribution in [0.1, 0.15) is 77.6 Å². The van der Waals surface area contributed by atoms with E-state index in [4.69, 9.17) is 28.4 Å². The number of hydrazone groups is 1. The van der Waals surface area contributed by atoms with E-state index in [1.54, 1.807) is 97.1 Å². The fourth-order valence-electron chi connectivity index (χ4n) is 6.37. The van der Waals surface area contributed by atoms with Crippen LogP contribution in [0.5, 0.6) is 23.0 Å². The van der Waals surface area contributed by atoms with Crippen molar-refractivity contribution in [1.82, 2.24) is 9.97 Å². The molecule has 0 aliphatic heterocycles. The van der Waals surface area contributed by atoms with E-state index in [2.05, 4.69) is 28.2 Å². The fraction of sp³-hybridized carbons (Fsp3) is 0.260. The Morgan fingerprint density at radius 1 is 0.662 bits per heavy atom. The summed E-state index contributed by atoms with van der Waals surface area (Å²) < 4.78 is 34.0. The number of fused-ring (bicyclic) bond motifs is 2. The number of nitrogens with zero attached hydrogens (tertiary/aromatic N) is 4. The molecule has 65 heavy (non-hydrogen) atoms. The second-order valence-electron chi connectivity index (χ2n) is 14.5. The van der Waals surface area contributed by atoms with Crippen molar-refractivity contribution in [3.63, 3.8) is 0 Å². The van der Waals surface area contributed by atoms with E-state index in [1.165, 1.54) is 17.6 Å². The van der Waals surface area contributed by atoms with Gasteiger partial charge in [0.1, 0.15) is 33.3 Å². The Kier molecular flexibility index (Phi) is 17.7. The van der Waals surface area contributed by atoms with E-state index in [9.17, 15) is 19.2 Å². The van der Waals surface area contributed by atoms with E-state index in [1.807, 2.05) is 12.1 Å². The van der Waals surface area contributed by atoms with Gasteiger partial charge in [0.15, 0.2) is 0 Å². The molecule has 0 radical (unpaired) electrons. The number of aromatic nitrogens is 2. The third-order valence-electron chi connectivity index (χ3n) is 9.80. The van der Waals surface area contributed by atoms with Crippen LogP contribution >= 0.6 is 11.3 Å². The average Bonchev–Trinajstić information content (AvgIpc) is 3.78. The van der Waals surface area contributed by atoms with E-state index < -0.39 is 23.9 Å². The van der Waals surface area contributed by atoms with Gasteiger partial charge in [0.25, 0.3) is 0 Å². The Balaban J connectivity index is 1.14. The minimum atomic E-state index is -0.613. The molecule has 0 aliphatic rings. The van der Waals surface area contributed by atoms with Gasteiger partial charge < -0.3 is 28.4 Å². The lowest BCUT2D eigenvalue weighted by molar-refractivity contribution is -0.138. The molecule has 6 rings (SSSR count). The van der Waals surface area contributed by atoms with Gasteiger partial charge in [0.05, 0.1) is 43.8 Å². The molecule has 2 heterocycles. The summed E-state index contributed by atoms with van der Waals surface area (Å²) in [5.74, 6) is -0.385. The van der Waals surface area contributed by atoms with Crippen molar-refractivity contribution in [3.05, 3.63) is 139 Å². The van der Waals surface area contributed by atoms with Crippen LogP contribution in [0.4, 0.5) is 5.13 Å². The summed E-state index contributed by atoms with van der Waals surface area (Å²) in [6.45, 7) is 8.49. The largest absolute Gasteiger partial charge is 0.494 e. The Morgan fingerprint density at radius 3 is 1.75 bits per heavy atom. The Bertz CT molecular complexity index is 2580. The van der Waals surface area contributed by atoms with Crippen molar-refractivity contribution in [2.24, 2.45) is 5.10 Å². The predicted octanol–water partition coefficient (Wildman–Crippen LogP) is 10.1. The van der Waals surface area contributed by atoms with Crippen molar-refractivity contribution < 1.29 is 47.6 Å². The van der Waals surface area contributed by atoms with Crippen molar-refractivity contribution in [2.45, 2.75) is 51.4 Å². The molecule has 6 aromatic rings. The van der Waals surface area contributed by atoms with Gasteiger partial charge in [-0.05, 0) is 118 Å². The molecule has 0 spiro atoms. The van der Waals surface area contributed by atoms with Gasteiger partial charge in [-0.3, -0.25) is 0 Å². The number of benzene rings is 4. The fourth-order valence-corrected chi connectivity index (χ4v) is 7.20. The molecule has 336 valence electrons. The smallest absolute Gasteiger partial charge is 0.343 e. The highest BCUT2D eigenvalue weighted by Gasteiger charge is 2.21. The van der Waals surface area contributed by atoms with Gasteiger partial charge >= 0.3 is 23.9 Å². The number of unbranched alkanes of at least 4 members (excludes halogenated alkanes) is 6. The minimum absolute atomic E-state index is 0.214. The van der Waals surface area contributed by atoms with Crippen LogP contribution in [0.3, 0.4) is 0 Å². The zero-order chi connectivity index (χ0) is 45.8. The number of pyridine rings is 1. The van der Waals surface area contributed by atoms with Gasteiger partial charge in [0, 0.05) is 41.7 Å². The summed E-state index contributed by atoms with van der Waals surface area (Å²) in [6.07, 6.45) is 12.3. The van der Waals surface area contributed by atoms with Gasteiger partial charge in [-0.2, -0.15) is 5.10 Å². The van der Waals surface area contributed by atoms with E-state index >= 15 is 0 Å². The number of esters is 4. The number of carbonyl (C=O) groups excluding carboxylic acids is 4. The highest BCUT2D eigenvalue weighted by atomic mass is 32.1. The Labute approximate surface area is 381 Å². The molecule has 2 aromatic heterocycles. The number of carbonyl (C=O) groups is 4. The molecule has 4 aromatic carbocycles. The lowest BCUT2D eigenvalue weighted by Crippen LogP contribution is -2.13. The SMILES string of the molecule is C=CC(=O)OCCCCCCOc1ccc(C(=O)Oc2cc(/C=N/N(C)c3nc4cccnc4s3)c(OC(=O)c3ccc(OCCCCCCOC(=O)C=C)cc3)c3ccccc23)cc1. The summed E-state index contributed by atoms with van der Waals surface area (Å²) in [6, 6.07) is 25.9. The molecule has 14 nitrogen and oxygen atoms in total. The minimum Gasteiger partial charge on any atom is -0.494 e. The van der Waals surface area contributed by atoms with Crippen LogP contribution in [0.25, 0.3) is 21.1 Å². The van der Waals surface area contributed by atoms with Crippen molar-refractivity contribution >= 4 is 67.7 Å². The Morgan fingerprint density at radius 2 is 1.20 bits per heavy atom. The second-order valence-corrected chi connectivity index (χ2v) is 15.5. The molecule has 0 amide bonds. The zero-order valence-electron chi connectivity index (χ0n) is 36.1. The maximum atomic E-state index is 13.8. The summed E-state index contributed by atoms with van der Waals surface area (Å²) in [5.41, 5.74) is 1.70. The molecule has 0 saturated heterocycles. The standard InChI is InChI=1S/C50H50N4O10S/c1-4-44(55)61-31-14-8-6-12-29-59-38-24-20-35(21-25-38)48(57)63-43-33-37(34-52-54(3)50-53-42-19-16-28-51-47(42)65-50)46(41-18-11-10-17-40(41)43)64-49(58)36-22-26-39(27-23-36)60-30-13-7-9-15-32-62-45(56)5-2/h4-5,10-11,16-28,33-34H,1-2,6-9,12-15,29-32H2,3H3/b52-34+. The number of rotatable bonds is 25. The van der Waals surface area contributed by atoms with Gasteiger partial charge in [-0.15, -0.1) is 0 Å². The normalized spacial score (nSPS) is 11.0. The van der Waals surface area contributed by atoms with Crippen LogP contribution in [-0.4, -0.2) is 73.5 Å². The van der Waals surface area contributed by atoms with Crippen molar-refractivity contribution in [2.75, 3.05) is 38.5 Å². The lowest BCUT2D eigenvalue weighted by Gasteiger charge is -2.16. The molecule has 15 heteroatoms. The molecule has 0 saturated carbocycles. The lowest BCUT2D eigenvalue weighted by atomic mass is 10.0. The first kappa shape index (κ1) is 47.1. The summed E-state index contributed by atoms with van der Waals surface area (Å²) in [4.78, 5) is 59.5. The first-order chi connectivity index (χ1) is 31.7. The second kappa shape index (κ2) is 24.5. The van der Waals surface area contributed by atoms with Crippen molar-refractivity contribution in [3.8, 4) is 23.0 Å². The first-order valence-corrected chi connectivity index (χ1v) is 22.1. The van der Waals surface area contributed by atoms with Crippen LogP contribution in [0.15, 0.2) is 128 Å². The average molecular weight is 899 g/mol. The van der Waals surface area contributed by atoms with E-state index in [0.29, 0.717) is 70.5 Å². The number of hydrogen-bond acceptors (Lipinski definition) is 15. The number of hydrogen-bond donors (Lipinski definition) is 0. The summed E-state index contributed by atoms with van der Waals surface area (Å²) in [7, 11) is 1.75. The first-order valence-electron chi connectivity index (χ1n) is 21.3. The van der Waals surface area contributed by atoms with Gasteiger partial charge in [-0.1, -0.05) is 48.8 Å².